The van der Waals surface area contributed by atoms with Gasteiger partial charge in [0.2, 0.25) is 0 Å². The predicted molar refractivity (Wildman–Crippen MR) is 75.5 cm³/mol. The molecule has 94 valence electrons. The molecular formula is C15H16ClNO. The van der Waals surface area contributed by atoms with Crippen LogP contribution in [-0.4, -0.2) is 6.54 Å². The van der Waals surface area contributed by atoms with Gasteiger partial charge in [0.05, 0.1) is 5.02 Å². The van der Waals surface area contributed by atoms with Gasteiger partial charge in [-0.1, -0.05) is 35.9 Å². The molecule has 0 aromatic heterocycles. The minimum Gasteiger partial charge on any atom is -0.456 e. The van der Waals surface area contributed by atoms with Crippen LogP contribution in [0.4, 0.5) is 0 Å². The highest BCUT2D eigenvalue weighted by atomic mass is 35.5. The SMILES string of the molecule is Cc1cccc(Oc2c(Cl)cccc2CCN)c1. The van der Waals surface area contributed by atoms with Crippen LogP contribution >= 0.6 is 11.6 Å². The summed E-state index contributed by atoms with van der Waals surface area (Å²) < 4.78 is 5.89. The van der Waals surface area contributed by atoms with E-state index in [4.69, 9.17) is 22.1 Å². The van der Waals surface area contributed by atoms with E-state index in [1.54, 1.807) is 0 Å². The summed E-state index contributed by atoms with van der Waals surface area (Å²) >= 11 is 6.19. The zero-order valence-electron chi connectivity index (χ0n) is 10.3. The van der Waals surface area contributed by atoms with E-state index in [1.807, 2.05) is 49.4 Å². The Balaban J connectivity index is 2.33. The lowest BCUT2D eigenvalue weighted by Gasteiger charge is -2.12. The predicted octanol–water partition coefficient (Wildman–Crippen LogP) is 3.94. The zero-order valence-corrected chi connectivity index (χ0v) is 11.1. The van der Waals surface area contributed by atoms with Gasteiger partial charge in [-0.05, 0) is 49.2 Å². The minimum absolute atomic E-state index is 0.574. The second-order valence-corrected chi connectivity index (χ2v) is 4.59. The molecule has 0 fully saturated rings. The van der Waals surface area contributed by atoms with E-state index in [0.717, 1.165) is 23.3 Å². The maximum absolute atomic E-state index is 6.19. The van der Waals surface area contributed by atoms with Crippen LogP contribution in [0.2, 0.25) is 5.02 Å². The van der Waals surface area contributed by atoms with Crippen LogP contribution in [0, 0.1) is 6.92 Å². The van der Waals surface area contributed by atoms with Gasteiger partial charge in [-0.15, -0.1) is 0 Å². The Morgan fingerprint density at radius 2 is 1.94 bits per heavy atom. The maximum atomic E-state index is 6.19. The third-order valence-corrected chi connectivity index (χ3v) is 2.97. The van der Waals surface area contributed by atoms with Gasteiger partial charge < -0.3 is 10.5 Å². The fourth-order valence-electron chi connectivity index (χ4n) is 1.82. The van der Waals surface area contributed by atoms with Crippen molar-refractivity contribution in [2.45, 2.75) is 13.3 Å². The van der Waals surface area contributed by atoms with Crippen molar-refractivity contribution in [1.29, 1.82) is 0 Å². The third kappa shape index (κ3) is 3.03. The molecule has 0 aliphatic rings. The molecule has 0 saturated carbocycles. The molecule has 0 bridgehead atoms. The number of hydrogen-bond donors (Lipinski definition) is 1. The molecule has 18 heavy (non-hydrogen) atoms. The first-order chi connectivity index (χ1) is 8.70. The van der Waals surface area contributed by atoms with Crippen LogP contribution in [0.15, 0.2) is 42.5 Å². The zero-order chi connectivity index (χ0) is 13.0. The largest absolute Gasteiger partial charge is 0.456 e. The molecule has 0 amide bonds. The Bertz CT molecular complexity index is 540. The molecule has 2 aromatic carbocycles. The molecule has 2 rings (SSSR count). The lowest BCUT2D eigenvalue weighted by Crippen LogP contribution is -2.04. The highest BCUT2D eigenvalue weighted by molar-refractivity contribution is 6.32. The number of hydrogen-bond acceptors (Lipinski definition) is 2. The van der Waals surface area contributed by atoms with Crippen molar-refractivity contribution < 1.29 is 4.74 Å². The van der Waals surface area contributed by atoms with E-state index in [9.17, 15) is 0 Å². The van der Waals surface area contributed by atoms with Crippen molar-refractivity contribution in [2.24, 2.45) is 5.73 Å². The highest BCUT2D eigenvalue weighted by Gasteiger charge is 2.09. The monoisotopic (exact) mass is 261 g/mol. The van der Waals surface area contributed by atoms with Gasteiger partial charge in [0, 0.05) is 0 Å². The van der Waals surface area contributed by atoms with Crippen LogP contribution in [0.1, 0.15) is 11.1 Å². The molecule has 0 aliphatic carbocycles. The summed E-state index contributed by atoms with van der Waals surface area (Å²) in [5.74, 6) is 1.50. The summed E-state index contributed by atoms with van der Waals surface area (Å²) in [5.41, 5.74) is 7.78. The first kappa shape index (κ1) is 12.9. The number of ether oxygens (including phenoxy) is 1. The molecule has 2 aromatic rings. The quantitative estimate of drug-likeness (QED) is 0.905. The third-order valence-electron chi connectivity index (χ3n) is 2.67. The first-order valence-electron chi connectivity index (χ1n) is 5.92. The van der Waals surface area contributed by atoms with E-state index >= 15 is 0 Å². The van der Waals surface area contributed by atoms with Gasteiger partial charge in [-0.25, -0.2) is 0 Å². The molecule has 0 aliphatic heterocycles. The first-order valence-corrected chi connectivity index (χ1v) is 6.30. The van der Waals surface area contributed by atoms with Crippen molar-refractivity contribution in [1.82, 2.24) is 0 Å². The summed E-state index contributed by atoms with van der Waals surface area (Å²) in [4.78, 5) is 0. The molecule has 0 saturated heterocycles. The van der Waals surface area contributed by atoms with Crippen molar-refractivity contribution in [3.05, 3.63) is 58.6 Å². The topological polar surface area (TPSA) is 35.2 Å². The van der Waals surface area contributed by atoms with E-state index in [0.29, 0.717) is 17.3 Å². The molecular weight excluding hydrogens is 246 g/mol. The molecule has 0 spiro atoms. The number of benzene rings is 2. The van der Waals surface area contributed by atoms with Crippen LogP contribution < -0.4 is 10.5 Å². The molecule has 2 nitrogen and oxygen atoms in total. The smallest absolute Gasteiger partial charge is 0.149 e. The Labute approximate surface area is 112 Å². The second-order valence-electron chi connectivity index (χ2n) is 4.19. The fraction of sp³-hybridized carbons (Fsp3) is 0.200. The van der Waals surface area contributed by atoms with Crippen LogP contribution in [0.25, 0.3) is 0 Å². The van der Waals surface area contributed by atoms with E-state index < -0.39 is 0 Å². The Morgan fingerprint density at radius 1 is 1.17 bits per heavy atom. The van der Waals surface area contributed by atoms with Crippen LogP contribution in [0.5, 0.6) is 11.5 Å². The van der Waals surface area contributed by atoms with Crippen LogP contribution in [-0.2, 0) is 6.42 Å². The lowest BCUT2D eigenvalue weighted by atomic mass is 10.1. The van der Waals surface area contributed by atoms with Gasteiger partial charge >= 0.3 is 0 Å². The van der Waals surface area contributed by atoms with Gasteiger partial charge in [0.15, 0.2) is 0 Å². The molecule has 0 unspecified atom stereocenters. The number of rotatable bonds is 4. The second kappa shape index (κ2) is 5.89. The van der Waals surface area contributed by atoms with Gasteiger partial charge in [-0.2, -0.15) is 0 Å². The number of halogens is 1. The number of aryl methyl sites for hydroxylation is 1. The summed E-state index contributed by atoms with van der Waals surface area (Å²) in [6, 6.07) is 13.6. The van der Waals surface area contributed by atoms with Gasteiger partial charge in [-0.3, -0.25) is 0 Å². The lowest BCUT2D eigenvalue weighted by molar-refractivity contribution is 0.476. The minimum atomic E-state index is 0.574. The molecule has 3 heteroatoms. The average molecular weight is 262 g/mol. The standard InChI is InChI=1S/C15H16ClNO/c1-11-4-2-6-13(10-11)18-15-12(8-9-17)5-3-7-14(15)16/h2-7,10H,8-9,17H2,1H3. The number of nitrogens with two attached hydrogens (primary N) is 1. The van der Waals surface area contributed by atoms with E-state index in [-0.39, 0.29) is 0 Å². The van der Waals surface area contributed by atoms with E-state index in [1.165, 1.54) is 0 Å². The maximum Gasteiger partial charge on any atom is 0.149 e. The number of para-hydroxylation sites is 1. The van der Waals surface area contributed by atoms with Crippen molar-refractivity contribution in [3.63, 3.8) is 0 Å². The highest BCUT2D eigenvalue weighted by Crippen LogP contribution is 2.33. The van der Waals surface area contributed by atoms with Crippen LogP contribution in [0.3, 0.4) is 0 Å². The summed E-state index contributed by atoms with van der Waals surface area (Å²) in [5, 5.41) is 0.613. The average Bonchev–Trinajstić information content (AvgIpc) is 2.34. The van der Waals surface area contributed by atoms with Crippen molar-refractivity contribution in [2.75, 3.05) is 6.54 Å². The summed E-state index contributed by atoms with van der Waals surface area (Å²) in [7, 11) is 0. The molecule has 0 heterocycles. The van der Waals surface area contributed by atoms with Crippen molar-refractivity contribution in [3.8, 4) is 11.5 Å². The summed E-state index contributed by atoms with van der Waals surface area (Å²) in [6.45, 7) is 2.60. The fourth-order valence-corrected chi connectivity index (χ4v) is 2.05. The molecule has 0 atom stereocenters. The van der Waals surface area contributed by atoms with E-state index in [2.05, 4.69) is 0 Å². The Hall–Kier alpha value is -1.51. The Kier molecular flexibility index (Phi) is 4.24. The van der Waals surface area contributed by atoms with Gasteiger partial charge in [0.25, 0.3) is 0 Å². The van der Waals surface area contributed by atoms with Gasteiger partial charge in [0.1, 0.15) is 11.5 Å². The molecule has 2 N–H and O–H groups in total. The molecule has 0 radical (unpaired) electrons. The Morgan fingerprint density at radius 3 is 2.67 bits per heavy atom. The normalized spacial score (nSPS) is 10.4. The van der Waals surface area contributed by atoms with Crippen molar-refractivity contribution >= 4 is 11.6 Å². The summed E-state index contributed by atoms with van der Waals surface area (Å²) in [6.07, 6.45) is 0.752.